The van der Waals surface area contributed by atoms with E-state index < -0.39 is 0 Å². The van der Waals surface area contributed by atoms with Crippen molar-refractivity contribution in [2.75, 3.05) is 13.7 Å². The van der Waals surface area contributed by atoms with Gasteiger partial charge >= 0.3 is 0 Å². The Morgan fingerprint density at radius 1 is 1.24 bits per heavy atom. The quantitative estimate of drug-likeness (QED) is 0.754. The first-order valence-corrected chi connectivity index (χ1v) is 6.53. The molecule has 1 N–H and O–H groups in total. The Labute approximate surface area is 109 Å². The highest BCUT2D eigenvalue weighted by atomic mass is 35.5. The van der Waals surface area contributed by atoms with Gasteiger partial charge in [-0.2, -0.15) is 0 Å². The number of benzene rings is 1. The van der Waals surface area contributed by atoms with Crippen LogP contribution in [0, 0.1) is 5.92 Å². The molecule has 0 saturated carbocycles. The van der Waals surface area contributed by atoms with E-state index in [4.69, 9.17) is 16.3 Å². The molecule has 1 unspecified atom stereocenters. The third kappa shape index (κ3) is 5.94. The maximum Gasteiger partial charge on any atom is 0.118 e. The number of hydrogen-bond acceptors (Lipinski definition) is 2. The molecule has 0 radical (unpaired) electrons. The van der Waals surface area contributed by atoms with Crippen molar-refractivity contribution in [2.24, 2.45) is 5.92 Å². The smallest absolute Gasteiger partial charge is 0.118 e. The molecule has 1 atom stereocenters. The lowest BCUT2D eigenvalue weighted by molar-refractivity contribution is 0.414. The third-order valence-corrected chi connectivity index (χ3v) is 2.91. The Morgan fingerprint density at radius 3 is 2.41 bits per heavy atom. The predicted molar refractivity (Wildman–Crippen MR) is 73.8 cm³/mol. The van der Waals surface area contributed by atoms with E-state index in [-0.39, 0.29) is 5.38 Å². The molecule has 96 valence electrons. The van der Waals surface area contributed by atoms with Crippen LogP contribution in [0.4, 0.5) is 0 Å². The van der Waals surface area contributed by atoms with Gasteiger partial charge in [-0.15, -0.1) is 11.6 Å². The summed E-state index contributed by atoms with van der Waals surface area (Å²) in [4.78, 5) is 0. The van der Waals surface area contributed by atoms with Crippen molar-refractivity contribution in [2.45, 2.75) is 32.2 Å². The lowest BCUT2D eigenvalue weighted by Gasteiger charge is -2.13. The molecular formula is C14H22ClNO. The van der Waals surface area contributed by atoms with E-state index in [1.807, 2.05) is 12.1 Å². The SMILES string of the molecule is COc1ccc(CNCC(Cl)CC(C)C)cc1. The molecule has 0 spiro atoms. The first-order valence-electron chi connectivity index (χ1n) is 6.09. The molecule has 1 rings (SSSR count). The summed E-state index contributed by atoms with van der Waals surface area (Å²) in [5.41, 5.74) is 1.25. The Hall–Kier alpha value is -0.730. The molecule has 0 aliphatic carbocycles. The van der Waals surface area contributed by atoms with Crippen LogP contribution in [0.1, 0.15) is 25.8 Å². The van der Waals surface area contributed by atoms with Crippen molar-refractivity contribution < 1.29 is 4.74 Å². The van der Waals surface area contributed by atoms with Gasteiger partial charge in [-0.05, 0) is 30.0 Å². The van der Waals surface area contributed by atoms with Crippen LogP contribution in [0.5, 0.6) is 5.75 Å². The summed E-state index contributed by atoms with van der Waals surface area (Å²) >= 11 is 6.21. The van der Waals surface area contributed by atoms with Crippen LogP contribution in [0.25, 0.3) is 0 Å². The highest BCUT2D eigenvalue weighted by Gasteiger charge is 2.06. The zero-order valence-electron chi connectivity index (χ0n) is 10.9. The molecule has 0 heterocycles. The second-order valence-corrected chi connectivity index (χ2v) is 5.32. The van der Waals surface area contributed by atoms with Crippen LogP contribution in [0.3, 0.4) is 0 Å². The summed E-state index contributed by atoms with van der Waals surface area (Å²) in [5.74, 6) is 1.55. The first-order chi connectivity index (χ1) is 8.11. The number of hydrogen-bond donors (Lipinski definition) is 1. The van der Waals surface area contributed by atoms with Gasteiger partial charge in [-0.25, -0.2) is 0 Å². The van der Waals surface area contributed by atoms with Crippen LogP contribution in [0.2, 0.25) is 0 Å². The Bertz CT molecular complexity index is 311. The van der Waals surface area contributed by atoms with E-state index in [1.54, 1.807) is 7.11 Å². The minimum absolute atomic E-state index is 0.216. The van der Waals surface area contributed by atoms with Crippen LogP contribution in [0.15, 0.2) is 24.3 Å². The number of alkyl halides is 1. The first kappa shape index (κ1) is 14.3. The van der Waals surface area contributed by atoms with E-state index in [1.165, 1.54) is 5.56 Å². The zero-order valence-corrected chi connectivity index (χ0v) is 11.6. The molecule has 1 aromatic carbocycles. The summed E-state index contributed by atoms with van der Waals surface area (Å²) in [6.45, 7) is 6.09. The lowest BCUT2D eigenvalue weighted by Crippen LogP contribution is -2.23. The number of nitrogens with one attached hydrogen (secondary N) is 1. The van der Waals surface area contributed by atoms with Crippen molar-refractivity contribution in [1.29, 1.82) is 0 Å². The standard InChI is InChI=1S/C14H22ClNO/c1-11(2)8-13(15)10-16-9-12-4-6-14(17-3)7-5-12/h4-7,11,13,16H,8-10H2,1-3H3. The molecule has 2 nitrogen and oxygen atoms in total. The summed E-state index contributed by atoms with van der Waals surface area (Å²) in [7, 11) is 1.68. The van der Waals surface area contributed by atoms with Crippen LogP contribution in [-0.2, 0) is 6.54 Å². The number of ether oxygens (including phenoxy) is 1. The predicted octanol–water partition coefficient (Wildman–Crippen LogP) is 3.44. The molecule has 3 heteroatoms. The van der Waals surface area contributed by atoms with E-state index in [9.17, 15) is 0 Å². The number of halogens is 1. The molecule has 0 amide bonds. The highest BCUT2D eigenvalue weighted by Crippen LogP contribution is 2.12. The topological polar surface area (TPSA) is 21.3 Å². The minimum atomic E-state index is 0.216. The van der Waals surface area contributed by atoms with Crippen molar-refractivity contribution in [3.05, 3.63) is 29.8 Å². The van der Waals surface area contributed by atoms with E-state index in [2.05, 4.69) is 31.3 Å². The largest absolute Gasteiger partial charge is 0.497 e. The molecule has 1 aromatic rings. The van der Waals surface area contributed by atoms with Gasteiger partial charge in [0.25, 0.3) is 0 Å². The second-order valence-electron chi connectivity index (χ2n) is 4.71. The molecule has 0 saturated heterocycles. The minimum Gasteiger partial charge on any atom is -0.497 e. The number of rotatable bonds is 7. The van der Waals surface area contributed by atoms with Gasteiger partial charge in [0.15, 0.2) is 0 Å². The van der Waals surface area contributed by atoms with E-state index >= 15 is 0 Å². The van der Waals surface area contributed by atoms with Gasteiger partial charge in [0.1, 0.15) is 5.75 Å². The Balaban J connectivity index is 2.25. The zero-order chi connectivity index (χ0) is 12.7. The van der Waals surface area contributed by atoms with E-state index in [0.717, 1.165) is 25.3 Å². The van der Waals surface area contributed by atoms with Crippen molar-refractivity contribution in [3.8, 4) is 5.75 Å². The Morgan fingerprint density at radius 2 is 1.88 bits per heavy atom. The summed E-state index contributed by atoms with van der Waals surface area (Å²) in [6, 6.07) is 8.08. The molecule has 0 aliphatic heterocycles. The van der Waals surface area contributed by atoms with Gasteiger partial charge in [0, 0.05) is 18.5 Å². The fourth-order valence-electron chi connectivity index (χ4n) is 1.71. The van der Waals surface area contributed by atoms with Crippen molar-refractivity contribution >= 4 is 11.6 Å². The average molecular weight is 256 g/mol. The summed E-state index contributed by atoms with van der Waals surface area (Å²) < 4.78 is 5.11. The maximum atomic E-state index is 6.21. The monoisotopic (exact) mass is 255 g/mol. The van der Waals surface area contributed by atoms with Gasteiger partial charge in [0.05, 0.1) is 7.11 Å². The molecule has 0 aliphatic rings. The highest BCUT2D eigenvalue weighted by molar-refractivity contribution is 6.20. The second kappa shape index (κ2) is 7.57. The van der Waals surface area contributed by atoms with Crippen molar-refractivity contribution in [3.63, 3.8) is 0 Å². The van der Waals surface area contributed by atoms with Crippen LogP contribution >= 0.6 is 11.6 Å². The molecule has 0 bridgehead atoms. The normalized spacial score (nSPS) is 12.8. The van der Waals surface area contributed by atoms with Crippen LogP contribution < -0.4 is 10.1 Å². The van der Waals surface area contributed by atoms with Gasteiger partial charge in [-0.1, -0.05) is 26.0 Å². The number of methoxy groups -OCH3 is 1. The van der Waals surface area contributed by atoms with Crippen molar-refractivity contribution in [1.82, 2.24) is 5.32 Å². The molecule has 0 aromatic heterocycles. The van der Waals surface area contributed by atoms with Gasteiger partial charge in [0.2, 0.25) is 0 Å². The summed E-state index contributed by atoms with van der Waals surface area (Å²) in [6.07, 6.45) is 1.05. The van der Waals surface area contributed by atoms with Gasteiger partial charge < -0.3 is 10.1 Å². The fraction of sp³-hybridized carbons (Fsp3) is 0.571. The third-order valence-electron chi connectivity index (χ3n) is 2.58. The summed E-state index contributed by atoms with van der Waals surface area (Å²) in [5, 5.41) is 3.59. The van der Waals surface area contributed by atoms with Crippen LogP contribution in [-0.4, -0.2) is 19.0 Å². The molecule has 17 heavy (non-hydrogen) atoms. The maximum absolute atomic E-state index is 6.21. The lowest BCUT2D eigenvalue weighted by atomic mass is 10.1. The van der Waals surface area contributed by atoms with Gasteiger partial charge in [-0.3, -0.25) is 0 Å². The molecule has 0 fully saturated rings. The Kier molecular flexibility index (Phi) is 6.38. The molecular weight excluding hydrogens is 234 g/mol. The fourth-order valence-corrected chi connectivity index (χ4v) is 2.18. The van der Waals surface area contributed by atoms with E-state index in [0.29, 0.717) is 5.92 Å². The average Bonchev–Trinajstić information content (AvgIpc) is 2.29.